The van der Waals surface area contributed by atoms with Crippen LogP contribution in [0.15, 0.2) is 42.5 Å². The van der Waals surface area contributed by atoms with E-state index in [0.29, 0.717) is 19.6 Å². The van der Waals surface area contributed by atoms with Crippen LogP contribution in [0.25, 0.3) is 0 Å². The van der Waals surface area contributed by atoms with Crippen molar-refractivity contribution in [3.05, 3.63) is 53.6 Å². The van der Waals surface area contributed by atoms with Crippen LogP contribution >= 0.6 is 0 Å². The Balaban J connectivity index is 1.27. The summed E-state index contributed by atoms with van der Waals surface area (Å²) in [6.07, 6.45) is 0.437. The van der Waals surface area contributed by atoms with Crippen LogP contribution in [0.3, 0.4) is 0 Å². The number of hydrogen-bond donors (Lipinski definition) is 0. The van der Waals surface area contributed by atoms with Crippen molar-refractivity contribution in [2.75, 3.05) is 46.5 Å². The van der Waals surface area contributed by atoms with Crippen LogP contribution in [-0.2, 0) is 17.8 Å². The molecule has 0 N–H and O–H groups in total. The molecule has 0 unspecified atom stereocenters. The minimum atomic E-state index is 0.184. The van der Waals surface area contributed by atoms with E-state index in [1.165, 1.54) is 5.56 Å². The van der Waals surface area contributed by atoms with Crippen LogP contribution in [0.5, 0.6) is 17.2 Å². The monoisotopic (exact) mass is 382 g/mol. The second kappa shape index (κ2) is 8.52. The van der Waals surface area contributed by atoms with Crippen LogP contribution in [0.1, 0.15) is 11.1 Å². The zero-order chi connectivity index (χ0) is 19.3. The highest BCUT2D eigenvalue weighted by molar-refractivity contribution is 5.79. The molecular weight excluding hydrogens is 356 g/mol. The fraction of sp³-hybridized carbons (Fsp3) is 0.409. The van der Waals surface area contributed by atoms with Gasteiger partial charge in [-0.15, -0.1) is 0 Å². The van der Waals surface area contributed by atoms with Gasteiger partial charge in [0.25, 0.3) is 0 Å². The summed E-state index contributed by atoms with van der Waals surface area (Å²) in [6, 6.07) is 13.8. The zero-order valence-electron chi connectivity index (χ0n) is 16.2. The molecule has 0 aromatic heterocycles. The third kappa shape index (κ3) is 4.39. The van der Waals surface area contributed by atoms with Crippen molar-refractivity contribution in [1.29, 1.82) is 0 Å². The lowest BCUT2D eigenvalue weighted by Gasteiger charge is -2.35. The lowest BCUT2D eigenvalue weighted by Crippen LogP contribution is -2.48. The van der Waals surface area contributed by atoms with E-state index in [9.17, 15) is 4.79 Å². The number of amides is 1. The Morgan fingerprint density at radius 1 is 0.929 bits per heavy atom. The van der Waals surface area contributed by atoms with Gasteiger partial charge in [0.2, 0.25) is 5.91 Å². The number of benzene rings is 2. The molecule has 0 atom stereocenters. The standard InChI is InChI=1S/C22H26N2O4/c1-26-19-5-2-17(3-6-19)15-22(25)24-10-8-23(9-11-24)16-18-4-7-20-21(14-18)28-13-12-27-20/h2-7,14H,8-13,15-16H2,1H3. The van der Waals surface area contributed by atoms with Crippen LogP contribution in [0.4, 0.5) is 0 Å². The number of methoxy groups -OCH3 is 1. The first kappa shape index (κ1) is 18.6. The Labute approximate surface area is 165 Å². The van der Waals surface area contributed by atoms with Crippen LogP contribution in [0, 0.1) is 0 Å². The molecule has 148 valence electrons. The SMILES string of the molecule is COc1ccc(CC(=O)N2CCN(Cc3ccc4c(c3)OCCO4)CC2)cc1. The first-order chi connectivity index (χ1) is 13.7. The Hall–Kier alpha value is -2.73. The summed E-state index contributed by atoms with van der Waals surface area (Å²) in [5.41, 5.74) is 2.23. The van der Waals surface area contributed by atoms with Crippen molar-refractivity contribution in [2.24, 2.45) is 0 Å². The molecule has 28 heavy (non-hydrogen) atoms. The first-order valence-electron chi connectivity index (χ1n) is 9.73. The molecule has 0 saturated carbocycles. The lowest BCUT2D eigenvalue weighted by molar-refractivity contribution is -0.132. The molecule has 0 bridgehead atoms. The average molecular weight is 382 g/mol. The van der Waals surface area contributed by atoms with E-state index >= 15 is 0 Å². The zero-order valence-corrected chi connectivity index (χ0v) is 16.2. The topological polar surface area (TPSA) is 51.2 Å². The highest BCUT2D eigenvalue weighted by atomic mass is 16.6. The maximum Gasteiger partial charge on any atom is 0.227 e. The second-order valence-corrected chi connectivity index (χ2v) is 7.16. The molecule has 1 fully saturated rings. The molecule has 2 aromatic rings. The highest BCUT2D eigenvalue weighted by Gasteiger charge is 2.22. The molecule has 2 aliphatic heterocycles. The molecule has 2 heterocycles. The highest BCUT2D eigenvalue weighted by Crippen LogP contribution is 2.31. The third-order valence-electron chi connectivity index (χ3n) is 5.25. The molecular formula is C22H26N2O4. The van der Waals surface area contributed by atoms with E-state index in [1.54, 1.807) is 7.11 Å². The molecule has 0 spiro atoms. The third-order valence-corrected chi connectivity index (χ3v) is 5.25. The normalized spacial score (nSPS) is 16.7. The van der Waals surface area contributed by atoms with Gasteiger partial charge < -0.3 is 19.1 Å². The van der Waals surface area contributed by atoms with E-state index < -0.39 is 0 Å². The number of ether oxygens (including phenoxy) is 3. The van der Waals surface area contributed by atoms with Crippen molar-refractivity contribution in [2.45, 2.75) is 13.0 Å². The van der Waals surface area contributed by atoms with Gasteiger partial charge in [-0.1, -0.05) is 18.2 Å². The Bertz CT molecular complexity index is 814. The van der Waals surface area contributed by atoms with Gasteiger partial charge in [-0.05, 0) is 35.4 Å². The number of carbonyl (C=O) groups is 1. The average Bonchev–Trinajstić information content (AvgIpc) is 2.75. The van der Waals surface area contributed by atoms with E-state index in [-0.39, 0.29) is 5.91 Å². The van der Waals surface area contributed by atoms with Crippen LogP contribution in [0.2, 0.25) is 0 Å². The van der Waals surface area contributed by atoms with E-state index in [2.05, 4.69) is 17.0 Å². The van der Waals surface area contributed by atoms with Crippen LogP contribution in [-0.4, -0.2) is 62.2 Å². The van der Waals surface area contributed by atoms with Crippen molar-refractivity contribution in [1.82, 2.24) is 9.80 Å². The molecule has 0 radical (unpaired) electrons. The Morgan fingerprint density at radius 2 is 1.61 bits per heavy atom. The maximum atomic E-state index is 12.6. The summed E-state index contributed by atoms with van der Waals surface area (Å²) in [7, 11) is 1.64. The molecule has 6 heteroatoms. The van der Waals surface area contributed by atoms with Gasteiger partial charge >= 0.3 is 0 Å². The van der Waals surface area contributed by atoms with Gasteiger partial charge in [-0.2, -0.15) is 0 Å². The summed E-state index contributed by atoms with van der Waals surface area (Å²) >= 11 is 0. The molecule has 1 saturated heterocycles. The predicted molar refractivity (Wildman–Crippen MR) is 106 cm³/mol. The second-order valence-electron chi connectivity index (χ2n) is 7.16. The van der Waals surface area contributed by atoms with Crippen molar-refractivity contribution >= 4 is 5.91 Å². The summed E-state index contributed by atoms with van der Waals surface area (Å²) in [4.78, 5) is 16.9. The molecule has 2 aliphatic rings. The van der Waals surface area contributed by atoms with Crippen LogP contribution < -0.4 is 14.2 Å². The molecule has 6 nitrogen and oxygen atoms in total. The van der Waals surface area contributed by atoms with Gasteiger partial charge in [-0.3, -0.25) is 9.69 Å². The van der Waals surface area contributed by atoms with Gasteiger partial charge in [0.05, 0.1) is 13.5 Å². The van der Waals surface area contributed by atoms with Gasteiger partial charge in [-0.25, -0.2) is 0 Å². The molecule has 0 aliphatic carbocycles. The lowest BCUT2D eigenvalue weighted by atomic mass is 10.1. The molecule has 2 aromatic carbocycles. The summed E-state index contributed by atoms with van der Waals surface area (Å²) in [6.45, 7) is 5.35. The van der Waals surface area contributed by atoms with Gasteiger partial charge in [0.1, 0.15) is 19.0 Å². The number of carbonyl (C=O) groups excluding carboxylic acids is 1. The Morgan fingerprint density at radius 3 is 2.32 bits per heavy atom. The smallest absolute Gasteiger partial charge is 0.227 e. The number of hydrogen-bond acceptors (Lipinski definition) is 5. The minimum absolute atomic E-state index is 0.184. The number of piperazine rings is 1. The summed E-state index contributed by atoms with van der Waals surface area (Å²) in [5.74, 6) is 2.65. The summed E-state index contributed by atoms with van der Waals surface area (Å²) < 4.78 is 16.4. The van der Waals surface area contributed by atoms with Crippen molar-refractivity contribution < 1.29 is 19.0 Å². The van der Waals surface area contributed by atoms with Gasteiger partial charge in [0.15, 0.2) is 11.5 Å². The minimum Gasteiger partial charge on any atom is -0.497 e. The maximum absolute atomic E-state index is 12.6. The first-order valence-corrected chi connectivity index (χ1v) is 9.73. The number of rotatable bonds is 5. The Kier molecular flexibility index (Phi) is 5.67. The fourth-order valence-electron chi connectivity index (χ4n) is 3.63. The molecule has 4 rings (SSSR count). The summed E-state index contributed by atoms with van der Waals surface area (Å²) in [5, 5.41) is 0. The largest absolute Gasteiger partial charge is 0.497 e. The number of nitrogens with zero attached hydrogens (tertiary/aromatic N) is 2. The van der Waals surface area contributed by atoms with E-state index in [0.717, 1.165) is 55.5 Å². The van der Waals surface area contributed by atoms with Crippen molar-refractivity contribution in [3.63, 3.8) is 0 Å². The van der Waals surface area contributed by atoms with Crippen molar-refractivity contribution in [3.8, 4) is 17.2 Å². The van der Waals surface area contributed by atoms with Gasteiger partial charge in [0, 0.05) is 32.7 Å². The number of fused-ring (bicyclic) bond motifs is 1. The molecule has 1 amide bonds. The quantitative estimate of drug-likeness (QED) is 0.795. The predicted octanol–water partition coefficient (Wildman–Crippen LogP) is 2.35. The van der Waals surface area contributed by atoms with E-state index in [1.807, 2.05) is 35.2 Å². The van der Waals surface area contributed by atoms with E-state index in [4.69, 9.17) is 14.2 Å². The fourth-order valence-corrected chi connectivity index (χ4v) is 3.63.